The molecule has 2 nitrogen and oxygen atoms in total. The molecule has 5 heteroatoms. The molecule has 2 rings (SSSR count). The molecule has 1 aliphatic carbocycles. The van der Waals surface area contributed by atoms with Gasteiger partial charge in [0.1, 0.15) is 0 Å². The molecule has 0 spiro atoms. The van der Waals surface area contributed by atoms with Crippen molar-refractivity contribution in [1.82, 2.24) is 4.90 Å². The van der Waals surface area contributed by atoms with Gasteiger partial charge in [0.05, 0.1) is 5.92 Å². The van der Waals surface area contributed by atoms with E-state index in [0.29, 0.717) is 24.9 Å². The molecular weight excluding hydrogens is 253 g/mol. The molecule has 0 amide bonds. The Bertz CT molecular complexity index is 286. The second-order valence-electron chi connectivity index (χ2n) is 6.56. The maximum Gasteiger partial charge on any atom is 0.391 e. The van der Waals surface area contributed by atoms with Crippen LogP contribution in [0.3, 0.4) is 0 Å². The lowest BCUT2D eigenvalue weighted by atomic mass is 9.75. The molecule has 1 saturated carbocycles. The van der Waals surface area contributed by atoms with Crippen LogP contribution < -0.4 is 5.73 Å². The van der Waals surface area contributed by atoms with E-state index >= 15 is 0 Å². The van der Waals surface area contributed by atoms with Crippen molar-refractivity contribution in [3.05, 3.63) is 0 Å². The summed E-state index contributed by atoms with van der Waals surface area (Å²) in [5.74, 6) is 0.00736. The Labute approximate surface area is 113 Å². The number of alkyl halides is 3. The molecule has 19 heavy (non-hydrogen) atoms. The predicted molar refractivity (Wildman–Crippen MR) is 69.7 cm³/mol. The van der Waals surface area contributed by atoms with Gasteiger partial charge in [-0.15, -0.1) is 0 Å². The average Bonchev–Trinajstić information content (AvgIpc) is 2.27. The molecule has 1 saturated heterocycles. The Balaban J connectivity index is 1.94. The SMILES string of the molecule is CC1CC(C)C(N2CCC(C(F)(F)F)CC2)C(N)C1. The van der Waals surface area contributed by atoms with Crippen molar-refractivity contribution >= 4 is 0 Å². The van der Waals surface area contributed by atoms with Gasteiger partial charge < -0.3 is 5.73 Å². The van der Waals surface area contributed by atoms with Crippen molar-refractivity contribution in [2.24, 2.45) is 23.5 Å². The van der Waals surface area contributed by atoms with E-state index in [1.54, 1.807) is 0 Å². The number of hydrogen-bond donors (Lipinski definition) is 1. The van der Waals surface area contributed by atoms with E-state index in [9.17, 15) is 13.2 Å². The summed E-state index contributed by atoms with van der Waals surface area (Å²) in [6, 6.07) is 0.381. The fourth-order valence-electron chi connectivity index (χ4n) is 4.05. The molecule has 1 aliphatic heterocycles. The molecule has 4 atom stereocenters. The molecule has 2 N–H and O–H groups in total. The smallest absolute Gasteiger partial charge is 0.326 e. The van der Waals surface area contributed by atoms with Gasteiger partial charge in [-0.25, -0.2) is 0 Å². The lowest BCUT2D eigenvalue weighted by Gasteiger charge is -2.47. The predicted octanol–water partition coefficient (Wildman–Crippen LogP) is 3.02. The molecular formula is C14H25F3N2. The van der Waals surface area contributed by atoms with Crippen molar-refractivity contribution in [1.29, 1.82) is 0 Å². The first-order valence-electron chi connectivity index (χ1n) is 7.35. The third-order valence-electron chi connectivity index (χ3n) is 4.88. The first kappa shape index (κ1) is 15.1. The summed E-state index contributed by atoms with van der Waals surface area (Å²) in [4.78, 5) is 2.21. The second kappa shape index (κ2) is 5.60. The minimum atomic E-state index is -4.03. The fourth-order valence-corrected chi connectivity index (χ4v) is 4.05. The Morgan fingerprint density at radius 2 is 1.63 bits per heavy atom. The van der Waals surface area contributed by atoms with Gasteiger partial charge in [-0.1, -0.05) is 13.8 Å². The highest BCUT2D eigenvalue weighted by Gasteiger charge is 2.44. The third-order valence-corrected chi connectivity index (χ3v) is 4.88. The summed E-state index contributed by atoms with van der Waals surface area (Å²) in [5.41, 5.74) is 6.25. The largest absolute Gasteiger partial charge is 0.391 e. The standard InChI is InChI=1S/C14H25F3N2/c1-9-7-10(2)13(12(18)8-9)19-5-3-11(4-6-19)14(15,16)17/h9-13H,3-8,18H2,1-2H3. The van der Waals surface area contributed by atoms with Crippen LogP contribution in [0.2, 0.25) is 0 Å². The molecule has 0 aromatic carbocycles. The topological polar surface area (TPSA) is 29.3 Å². The van der Waals surface area contributed by atoms with Gasteiger partial charge in [0.2, 0.25) is 0 Å². The molecule has 0 radical (unpaired) electrons. The van der Waals surface area contributed by atoms with Crippen LogP contribution in [0, 0.1) is 17.8 Å². The number of likely N-dealkylation sites (tertiary alicyclic amines) is 1. The van der Waals surface area contributed by atoms with Crippen LogP contribution in [0.4, 0.5) is 13.2 Å². The molecule has 112 valence electrons. The van der Waals surface area contributed by atoms with Crippen LogP contribution in [0.5, 0.6) is 0 Å². The van der Waals surface area contributed by atoms with Gasteiger partial charge in [0.15, 0.2) is 0 Å². The lowest BCUT2D eigenvalue weighted by molar-refractivity contribution is -0.187. The Kier molecular flexibility index (Phi) is 4.45. The molecule has 0 aromatic rings. The second-order valence-corrected chi connectivity index (χ2v) is 6.56. The molecule has 4 unspecified atom stereocenters. The zero-order valence-electron chi connectivity index (χ0n) is 11.8. The van der Waals surface area contributed by atoms with Gasteiger partial charge in [0, 0.05) is 12.1 Å². The van der Waals surface area contributed by atoms with Crippen molar-refractivity contribution < 1.29 is 13.2 Å². The quantitative estimate of drug-likeness (QED) is 0.799. The normalized spacial score (nSPS) is 39.5. The monoisotopic (exact) mass is 278 g/mol. The minimum Gasteiger partial charge on any atom is -0.326 e. The van der Waals surface area contributed by atoms with Gasteiger partial charge in [0.25, 0.3) is 0 Å². The van der Waals surface area contributed by atoms with E-state index in [1.807, 2.05) is 0 Å². The molecule has 2 aliphatic rings. The summed E-state index contributed by atoms with van der Waals surface area (Å²) in [6.07, 6.45) is -1.43. The van der Waals surface area contributed by atoms with Gasteiger partial charge >= 0.3 is 6.18 Å². The Morgan fingerprint density at radius 1 is 1.05 bits per heavy atom. The summed E-state index contributed by atoms with van der Waals surface area (Å²) in [7, 11) is 0. The number of hydrogen-bond acceptors (Lipinski definition) is 2. The van der Waals surface area contributed by atoms with Crippen molar-refractivity contribution in [2.75, 3.05) is 13.1 Å². The van der Waals surface area contributed by atoms with Gasteiger partial charge in [-0.3, -0.25) is 4.90 Å². The average molecular weight is 278 g/mol. The lowest BCUT2D eigenvalue weighted by Crippen LogP contribution is -2.57. The van der Waals surface area contributed by atoms with Crippen molar-refractivity contribution in [3.63, 3.8) is 0 Å². The first-order valence-corrected chi connectivity index (χ1v) is 7.35. The zero-order chi connectivity index (χ0) is 14.2. The van der Waals surface area contributed by atoms with Gasteiger partial charge in [-0.2, -0.15) is 13.2 Å². The van der Waals surface area contributed by atoms with Crippen LogP contribution in [0.1, 0.15) is 39.5 Å². The summed E-state index contributed by atoms with van der Waals surface area (Å²) in [5, 5.41) is 0. The number of halogens is 3. The van der Waals surface area contributed by atoms with E-state index in [4.69, 9.17) is 5.73 Å². The highest BCUT2D eigenvalue weighted by atomic mass is 19.4. The molecule has 2 fully saturated rings. The van der Waals surface area contributed by atoms with E-state index in [-0.39, 0.29) is 24.9 Å². The van der Waals surface area contributed by atoms with E-state index < -0.39 is 12.1 Å². The first-order chi connectivity index (χ1) is 8.79. The third kappa shape index (κ3) is 3.43. The van der Waals surface area contributed by atoms with Crippen LogP contribution in [0.15, 0.2) is 0 Å². The number of nitrogens with zero attached hydrogens (tertiary/aromatic N) is 1. The van der Waals surface area contributed by atoms with Crippen molar-refractivity contribution in [3.8, 4) is 0 Å². The number of nitrogens with two attached hydrogens (primary N) is 1. The van der Waals surface area contributed by atoms with E-state index in [0.717, 1.165) is 12.8 Å². The Hall–Kier alpha value is -0.290. The van der Waals surface area contributed by atoms with E-state index in [2.05, 4.69) is 18.7 Å². The molecule has 0 bridgehead atoms. The maximum absolute atomic E-state index is 12.7. The van der Waals surface area contributed by atoms with Crippen molar-refractivity contribution in [2.45, 2.75) is 57.8 Å². The highest BCUT2D eigenvalue weighted by molar-refractivity contribution is 4.94. The van der Waals surface area contributed by atoms with Crippen LogP contribution in [-0.4, -0.2) is 36.2 Å². The van der Waals surface area contributed by atoms with E-state index in [1.165, 1.54) is 0 Å². The maximum atomic E-state index is 12.7. The van der Waals surface area contributed by atoms with Crippen LogP contribution >= 0.6 is 0 Å². The van der Waals surface area contributed by atoms with Crippen LogP contribution in [-0.2, 0) is 0 Å². The number of rotatable bonds is 1. The zero-order valence-corrected chi connectivity index (χ0v) is 11.8. The summed E-state index contributed by atoms with van der Waals surface area (Å²) >= 11 is 0. The highest BCUT2D eigenvalue weighted by Crippen LogP contribution is 2.37. The Morgan fingerprint density at radius 3 is 2.11 bits per heavy atom. The summed E-state index contributed by atoms with van der Waals surface area (Å²) < 4.78 is 38.0. The van der Waals surface area contributed by atoms with Gasteiger partial charge in [-0.05, 0) is 50.6 Å². The number of piperidine rings is 1. The molecule has 0 aromatic heterocycles. The minimum absolute atomic E-state index is 0.112. The van der Waals surface area contributed by atoms with Crippen LogP contribution in [0.25, 0.3) is 0 Å². The summed E-state index contributed by atoms with van der Waals surface area (Å²) in [6.45, 7) is 5.49. The molecule has 1 heterocycles. The fraction of sp³-hybridized carbons (Fsp3) is 1.00.